The molecule has 0 saturated carbocycles. The molecule has 2 aromatic rings. The highest BCUT2D eigenvalue weighted by molar-refractivity contribution is 7.92. The molecule has 0 unspecified atom stereocenters. The van der Waals surface area contributed by atoms with Gasteiger partial charge in [0.2, 0.25) is 10.0 Å². The van der Waals surface area contributed by atoms with E-state index in [1.165, 1.54) is 28.3 Å². The topological polar surface area (TPSA) is 46.2 Å². The Morgan fingerprint density at radius 3 is 2.78 bits per heavy atom. The molecule has 1 aromatic carbocycles. The number of unbranched alkanes of at least 4 members (excludes halogenated alkanes) is 1. The fourth-order valence-electron chi connectivity index (χ4n) is 1.92. The SMILES string of the molecule is CCCCc1csc2ccc(NS(C)(=O)=O)cc12. The normalized spacial score (nSPS) is 11.9. The molecule has 18 heavy (non-hydrogen) atoms. The summed E-state index contributed by atoms with van der Waals surface area (Å²) in [6, 6.07) is 5.71. The molecule has 1 heterocycles. The van der Waals surface area contributed by atoms with Gasteiger partial charge < -0.3 is 0 Å². The van der Waals surface area contributed by atoms with E-state index in [1.54, 1.807) is 11.3 Å². The van der Waals surface area contributed by atoms with Gasteiger partial charge in [0.05, 0.1) is 6.26 Å². The van der Waals surface area contributed by atoms with Crippen molar-refractivity contribution >= 4 is 37.1 Å². The molecule has 0 spiro atoms. The zero-order valence-corrected chi connectivity index (χ0v) is 12.2. The first kappa shape index (κ1) is 13.4. The Bertz CT molecular complexity index is 644. The van der Waals surface area contributed by atoms with Crippen molar-refractivity contribution in [1.29, 1.82) is 0 Å². The van der Waals surface area contributed by atoms with Crippen LogP contribution in [0.1, 0.15) is 25.3 Å². The van der Waals surface area contributed by atoms with Crippen LogP contribution in [0, 0.1) is 0 Å². The van der Waals surface area contributed by atoms with Crippen molar-refractivity contribution in [3.63, 3.8) is 0 Å². The molecule has 0 aliphatic carbocycles. The third-order valence-corrected chi connectivity index (χ3v) is 4.38. The molecular formula is C13H17NO2S2. The number of aryl methyl sites for hydroxylation is 1. The van der Waals surface area contributed by atoms with Crippen molar-refractivity contribution in [2.75, 3.05) is 11.0 Å². The van der Waals surface area contributed by atoms with Crippen LogP contribution in [0.4, 0.5) is 5.69 Å². The van der Waals surface area contributed by atoms with Gasteiger partial charge in [-0.3, -0.25) is 4.72 Å². The first-order valence-corrected chi connectivity index (χ1v) is 8.74. The highest BCUT2D eigenvalue weighted by Crippen LogP contribution is 2.29. The Kier molecular flexibility index (Phi) is 3.92. The lowest BCUT2D eigenvalue weighted by molar-refractivity contribution is 0.607. The lowest BCUT2D eigenvalue weighted by Gasteiger charge is -2.04. The molecule has 0 saturated heterocycles. The Labute approximate surface area is 112 Å². The van der Waals surface area contributed by atoms with Gasteiger partial charge in [-0.05, 0) is 47.4 Å². The number of hydrogen-bond donors (Lipinski definition) is 1. The maximum absolute atomic E-state index is 11.2. The van der Waals surface area contributed by atoms with Gasteiger partial charge in [0.15, 0.2) is 0 Å². The number of benzene rings is 1. The van der Waals surface area contributed by atoms with Crippen LogP contribution in [0.5, 0.6) is 0 Å². The number of thiophene rings is 1. The molecule has 0 fully saturated rings. The van der Waals surface area contributed by atoms with Gasteiger partial charge >= 0.3 is 0 Å². The molecule has 0 bridgehead atoms. The van der Waals surface area contributed by atoms with Gasteiger partial charge in [-0.1, -0.05) is 13.3 Å². The van der Waals surface area contributed by atoms with Gasteiger partial charge in [-0.25, -0.2) is 8.42 Å². The maximum atomic E-state index is 11.2. The molecule has 3 nitrogen and oxygen atoms in total. The molecule has 0 aliphatic rings. The van der Waals surface area contributed by atoms with E-state index >= 15 is 0 Å². The van der Waals surface area contributed by atoms with E-state index in [2.05, 4.69) is 17.0 Å². The minimum absolute atomic E-state index is 0.640. The number of hydrogen-bond acceptors (Lipinski definition) is 3. The van der Waals surface area contributed by atoms with Crippen molar-refractivity contribution in [3.8, 4) is 0 Å². The van der Waals surface area contributed by atoms with Gasteiger partial charge in [-0.2, -0.15) is 0 Å². The summed E-state index contributed by atoms with van der Waals surface area (Å²) in [5, 5.41) is 3.34. The Morgan fingerprint density at radius 2 is 2.11 bits per heavy atom. The molecule has 0 aliphatic heterocycles. The van der Waals surface area contributed by atoms with E-state index in [9.17, 15) is 8.42 Å². The molecule has 2 rings (SSSR count). The summed E-state index contributed by atoms with van der Waals surface area (Å²) in [5.74, 6) is 0. The van der Waals surface area contributed by atoms with E-state index in [4.69, 9.17) is 0 Å². The monoisotopic (exact) mass is 283 g/mol. The van der Waals surface area contributed by atoms with Crippen LogP contribution in [-0.2, 0) is 16.4 Å². The summed E-state index contributed by atoms with van der Waals surface area (Å²) >= 11 is 1.71. The summed E-state index contributed by atoms with van der Waals surface area (Å²) in [4.78, 5) is 0. The molecular weight excluding hydrogens is 266 g/mol. The average Bonchev–Trinajstić information content (AvgIpc) is 2.67. The molecule has 5 heteroatoms. The molecule has 0 amide bonds. The lowest BCUT2D eigenvalue weighted by Crippen LogP contribution is -2.09. The minimum Gasteiger partial charge on any atom is -0.284 e. The molecule has 1 N–H and O–H groups in total. The number of fused-ring (bicyclic) bond motifs is 1. The molecule has 0 atom stereocenters. The number of rotatable bonds is 5. The summed E-state index contributed by atoms with van der Waals surface area (Å²) in [6.45, 7) is 2.17. The van der Waals surface area contributed by atoms with Crippen LogP contribution < -0.4 is 4.72 Å². The van der Waals surface area contributed by atoms with Crippen LogP contribution in [-0.4, -0.2) is 14.7 Å². The van der Waals surface area contributed by atoms with Gasteiger partial charge in [-0.15, -0.1) is 11.3 Å². The summed E-state index contributed by atoms with van der Waals surface area (Å²) in [7, 11) is -3.21. The molecule has 1 aromatic heterocycles. The quantitative estimate of drug-likeness (QED) is 0.911. The molecule has 98 valence electrons. The summed E-state index contributed by atoms with van der Waals surface area (Å²) in [6.07, 6.45) is 4.55. The van der Waals surface area contributed by atoms with Crippen molar-refractivity contribution < 1.29 is 8.42 Å². The van der Waals surface area contributed by atoms with Crippen LogP contribution in [0.3, 0.4) is 0 Å². The molecule has 0 radical (unpaired) electrons. The average molecular weight is 283 g/mol. The lowest BCUT2D eigenvalue weighted by atomic mass is 10.1. The zero-order valence-electron chi connectivity index (χ0n) is 10.6. The van der Waals surface area contributed by atoms with E-state index in [0.717, 1.165) is 12.8 Å². The fraction of sp³-hybridized carbons (Fsp3) is 0.385. The number of nitrogens with one attached hydrogen (secondary N) is 1. The second-order valence-corrected chi connectivity index (χ2v) is 7.11. The largest absolute Gasteiger partial charge is 0.284 e. The first-order valence-electron chi connectivity index (χ1n) is 5.97. The van der Waals surface area contributed by atoms with Gasteiger partial charge in [0.25, 0.3) is 0 Å². The van der Waals surface area contributed by atoms with Gasteiger partial charge in [0, 0.05) is 10.4 Å². The Balaban J connectivity index is 2.36. The summed E-state index contributed by atoms with van der Waals surface area (Å²) in [5.41, 5.74) is 1.95. The standard InChI is InChI=1S/C13H17NO2S2/c1-3-4-5-10-9-17-13-7-6-11(8-12(10)13)14-18(2,15)16/h6-9,14H,3-5H2,1-2H3. The number of sulfonamides is 1. The van der Waals surface area contributed by atoms with Crippen molar-refractivity contribution in [1.82, 2.24) is 0 Å². The van der Waals surface area contributed by atoms with Crippen LogP contribution in [0.15, 0.2) is 23.6 Å². The number of anilines is 1. The van der Waals surface area contributed by atoms with E-state index in [1.807, 2.05) is 18.2 Å². The van der Waals surface area contributed by atoms with E-state index < -0.39 is 10.0 Å². The highest BCUT2D eigenvalue weighted by Gasteiger charge is 2.07. The minimum atomic E-state index is -3.21. The predicted molar refractivity (Wildman–Crippen MR) is 78.9 cm³/mol. The van der Waals surface area contributed by atoms with Crippen molar-refractivity contribution in [2.45, 2.75) is 26.2 Å². The second kappa shape index (κ2) is 5.28. The predicted octanol–water partition coefficient (Wildman–Crippen LogP) is 3.62. The Morgan fingerprint density at radius 1 is 1.33 bits per heavy atom. The fourth-order valence-corrected chi connectivity index (χ4v) is 3.45. The van der Waals surface area contributed by atoms with Gasteiger partial charge in [0.1, 0.15) is 0 Å². The van der Waals surface area contributed by atoms with Crippen molar-refractivity contribution in [3.05, 3.63) is 29.1 Å². The zero-order chi connectivity index (χ0) is 13.2. The Hall–Kier alpha value is -1.07. The van der Waals surface area contributed by atoms with E-state index in [-0.39, 0.29) is 0 Å². The van der Waals surface area contributed by atoms with Crippen LogP contribution >= 0.6 is 11.3 Å². The highest BCUT2D eigenvalue weighted by atomic mass is 32.2. The van der Waals surface area contributed by atoms with Crippen LogP contribution in [0.2, 0.25) is 0 Å². The maximum Gasteiger partial charge on any atom is 0.229 e. The first-order chi connectivity index (χ1) is 8.49. The second-order valence-electron chi connectivity index (χ2n) is 4.45. The van der Waals surface area contributed by atoms with Crippen molar-refractivity contribution in [2.24, 2.45) is 0 Å². The van der Waals surface area contributed by atoms with Crippen LogP contribution in [0.25, 0.3) is 10.1 Å². The van der Waals surface area contributed by atoms with E-state index in [0.29, 0.717) is 5.69 Å². The summed E-state index contributed by atoms with van der Waals surface area (Å²) < 4.78 is 26.2. The third kappa shape index (κ3) is 3.23. The smallest absolute Gasteiger partial charge is 0.229 e. The third-order valence-electron chi connectivity index (χ3n) is 2.76.